The summed E-state index contributed by atoms with van der Waals surface area (Å²) >= 11 is 0. The van der Waals surface area contributed by atoms with E-state index in [0.29, 0.717) is 22.4 Å². The molecule has 112 valence electrons. The third kappa shape index (κ3) is 2.88. The number of nitrogens with one attached hydrogen (secondary N) is 1. The number of benzene rings is 1. The van der Waals surface area contributed by atoms with Crippen molar-refractivity contribution < 1.29 is 19.4 Å². The van der Waals surface area contributed by atoms with Crippen LogP contribution < -0.4 is 20.5 Å². The van der Waals surface area contributed by atoms with Crippen molar-refractivity contribution in [3.05, 3.63) is 12.1 Å². The van der Waals surface area contributed by atoms with Gasteiger partial charge in [-0.1, -0.05) is 0 Å². The molecular weight excluding hydrogens is 276 g/mol. The minimum Gasteiger partial charge on any atom is -0.493 e. The number of carboxylic acid groups (broad SMARTS) is 1. The molecule has 0 aliphatic carbocycles. The number of hydrogen-bond donors (Lipinski definition) is 3. The summed E-state index contributed by atoms with van der Waals surface area (Å²) in [6.45, 7) is 1.49. The Morgan fingerprint density at radius 3 is 2.48 bits per heavy atom. The SMILES string of the molecule is COc1cc2nc(N[C@@H](C)C(=O)O)nc(N)c2cc1OC. The molecule has 1 aromatic heterocycles. The quantitative estimate of drug-likeness (QED) is 0.749. The summed E-state index contributed by atoms with van der Waals surface area (Å²) in [5.74, 6) is 0.369. The van der Waals surface area contributed by atoms with Gasteiger partial charge in [0.2, 0.25) is 5.95 Å². The molecule has 0 saturated carbocycles. The van der Waals surface area contributed by atoms with E-state index < -0.39 is 12.0 Å². The lowest BCUT2D eigenvalue weighted by atomic mass is 10.2. The van der Waals surface area contributed by atoms with Gasteiger partial charge in [-0.15, -0.1) is 0 Å². The van der Waals surface area contributed by atoms with Gasteiger partial charge in [-0.25, -0.2) is 4.98 Å². The molecule has 4 N–H and O–H groups in total. The van der Waals surface area contributed by atoms with Gasteiger partial charge in [0.25, 0.3) is 0 Å². The van der Waals surface area contributed by atoms with Gasteiger partial charge in [0.1, 0.15) is 11.9 Å². The lowest BCUT2D eigenvalue weighted by Gasteiger charge is -2.13. The Morgan fingerprint density at radius 2 is 1.90 bits per heavy atom. The van der Waals surface area contributed by atoms with Crippen LogP contribution in [-0.4, -0.2) is 41.3 Å². The van der Waals surface area contributed by atoms with Crippen molar-refractivity contribution in [3.63, 3.8) is 0 Å². The van der Waals surface area contributed by atoms with E-state index in [9.17, 15) is 4.79 Å². The van der Waals surface area contributed by atoms with Crippen molar-refractivity contribution in [1.29, 1.82) is 0 Å². The molecule has 21 heavy (non-hydrogen) atoms. The van der Waals surface area contributed by atoms with Crippen molar-refractivity contribution >= 4 is 28.6 Å². The van der Waals surface area contributed by atoms with Gasteiger partial charge in [0, 0.05) is 11.5 Å². The molecular formula is C13H16N4O4. The standard InChI is InChI=1S/C13H16N4O4/c1-6(12(18)19)15-13-16-8-5-10(21-3)9(20-2)4-7(8)11(14)17-13/h4-6H,1-3H3,(H,18,19)(H3,14,15,16,17)/t6-/m0/s1. The van der Waals surface area contributed by atoms with Crippen LogP contribution >= 0.6 is 0 Å². The first-order chi connectivity index (χ1) is 9.96. The van der Waals surface area contributed by atoms with Crippen molar-refractivity contribution in [2.24, 2.45) is 0 Å². The van der Waals surface area contributed by atoms with Gasteiger partial charge in [0.05, 0.1) is 19.7 Å². The van der Waals surface area contributed by atoms with E-state index in [1.165, 1.54) is 21.1 Å². The molecule has 0 saturated heterocycles. The fourth-order valence-electron chi connectivity index (χ4n) is 1.80. The zero-order chi connectivity index (χ0) is 15.6. The maximum atomic E-state index is 10.9. The summed E-state index contributed by atoms with van der Waals surface area (Å²) in [5.41, 5.74) is 6.42. The van der Waals surface area contributed by atoms with Crippen LogP contribution in [0.15, 0.2) is 12.1 Å². The summed E-state index contributed by atoms with van der Waals surface area (Å²) in [7, 11) is 3.03. The number of fused-ring (bicyclic) bond motifs is 1. The number of nitrogen functional groups attached to an aromatic ring is 1. The lowest BCUT2D eigenvalue weighted by Crippen LogP contribution is -2.26. The summed E-state index contributed by atoms with van der Waals surface area (Å²) in [6, 6.07) is 2.50. The zero-order valence-electron chi connectivity index (χ0n) is 11.9. The topological polar surface area (TPSA) is 120 Å². The number of methoxy groups -OCH3 is 2. The van der Waals surface area contributed by atoms with Gasteiger partial charge >= 0.3 is 5.97 Å². The minimum absolute atomic E-state index is 0.141. The maximum absolute atomic E-state index is 10.9. The lowest BCUT2D eigenvalue weighted by molar-refractivity contribution is -0.137. The van der Waals surface area contributed by atoms with Crippen LogP contribution in [0, 0.1) is 0 Å². The van der Waals surface area contributed by atoms with Gasteiger partial charge < -0.3 is 25.6 Å². The fraction of sp³-hybridized carbons (Fsp3) is 0.308. The summed E-state index contributed by atoms with van der Waals surface area (Å²) in [4.78, 5) is 19.1. The number of anilines is 2. The van der Waals surface area contributed by atoms with E-state index in [2.05, 4.69) is 15.3 Å². The molecule has 0 amide bonds. The first-order valence-corrected chi connectivity index (χ1v) is 6.14. The third-order valence-corrected chi connectivity index (χ3v) is 2.95. The van der Waals surface area contributed by atoms with Crippen LogP contribution in [0.4, 0.5) is 11.8 Å². The molecule has 2 aromatic rings. The van der Waals surface area contributed by atoms with Crippen molar-refractivity contribution in [2.45, 2.75) is 13.0 Å². The van der Waals surface area contributed by atoms with E-state index in [0.717, 1.165) is 0 Å². The Morgan fingerprint density at radius 1 is 1.29 bits per heavy atom. The molecule has 0 bridgehead atoms. The molecule has 0 radical (unpaired) electrons. The number of nitrogens with zero attached hydrogens (tertiary/aromatic N) is 2. The summed E-state index contributed by atoms with van der Waals surface area (Å²) < 4.78 is 10.4. The Labute approximate surface area is 120 Å². The van der Waals surface area contributed by atoms with Gasteiger partial charge in [-0.2, -0.15) is 4.98 Å². The van der Waals surface area contributed by atoms with E-state index in [1.807, 2.05) is 0 Å². The molecule has 0 aliphatic heterocycles. The van der Waals surface area contributed by atoms with Gasteiger partial charge in [-0.05, 0) is 13.0 Å². The molecule has 8 nitrogen and oxygen atoms in total. The van der Waals surface area contributed by atoms with Crippen LogP contribution in [-0.2, 0) is 4.79 Å². The number of nitrogens with two attached hydrogens (primary N) is 1. The second-order valence-corrected chi connectivity index (χ2v) is 4.36. The second-order valence-electron chi connectivity index (χ2n) is 4.36. The highest BCUT2D eigenvalue weighted by Gasteiger charge is 2.15. The van der Waals surface area contributed by atoms with E-state index in [4.69, 9.17) is 20.3 Å². The van der Waals surface area contributed by atoms with Crippen molar-refractivity contribution in [3.8, 4) is 11.5 Å². The Hall–Kier alpha value is -2.77. The van der Waals surface area contributed by atoms with Crippen LogP contribution in [0.1, 0.15) is 6.92 Å². The number of ether oxygens (including phenoxy) is 2. The molecule has 0 fully saturated rings. The predicted octanol–water partition coefficient (Wildman–Crippen LogP) is 1.11. The van der Waals surface area contributed by atoms with Crippen molar-refractivity contribution in [1.82, 2.24) is 9.97 Å². The first-order valence-electron chi connectivity index (χ1n) is 6.14. The Bertz CT molecular complexity index is 689. The van der Waals surface area contributed by atoms with Gasteiger partial charge in [0.15, 0.2) is 11.5 Å². The van der Waals surface area contributed by atoms with E-state index in [1.54, 1.807) is 12.1 Å². The number of hydrogen-bond acceptors (Lipinski definition) is 7. The molecule has 0 spiro atoms. The highest BCUT2D eigenvalue weighted by Crippen LogP contribution is 2.33. The molecule has 8 heteroatoms. The number of aliphatic carboxylic acids is 1. The van der Waals surface area contributed by atoms with Crippen LogP contribution in [0.3, 0.4) is 0 Å². The highest BCUT2D eigenvalue weighted by atomic mass is 16.5. The number of carbonyl (C=O) groups is 1. The summed E-state index contributed by atoms with van der Waals surface area (Å²) in [6.07, 6.45) is 0. The average Bonchev–Trinajstić information content (AvgIpc) is 2.45. The maximum Gasteiger partial charge on any atom is 0.325 e. The highest BCUT2D eigenvalue weighted by molar-refractivity contribution is 5.92. The van der Waals surface area contributed by atoms with Crippen LogP contribution in [0.5, 0.6) is 11.5 Å². The summed E-state index contributed by atoms with van der Waals surface area (Å²) in [5, 5.41) is 12.2. The van der Waals surface area contributed by atoms with Crippen LogP contribution in [0.2, 0.25) is 0 Å². The van der Waals surface area contributed by atoms with Crippen LogP contribution in [0.25, 0.3) is 10.9 Å². The molecule has 2 rings (SSSR count). The molecule has 0 aliphatic rings. The monoisotopic (exact) mass is 292 g/mol. The molecule has 1 aromatic carbocycles. The predicted molar refractivity (Wildman–Crippen MR) is 77.8 cm³/mol. The Kier molecular flexibility index (Phi) is 3.97. The Balaban J connectivity index is 2.51. The zero-order valence-corrected chi connectivity index (χ0v) is 11.9. The largest absolute Gasteiger partial charge is 0.493 e. The van der Waals surface area contributed by atoms with Gasteiger partial charge in [-0.3, -0.25) is 4.79 Å². The second kappa shape index (κ2) is 5.70. The first kappa shape index (κ1) is 14.6. The number of aromatic nitrogens is 2. The molecule has 1 atom stereocenters. The van der Waals surface area contributed by atoms with Crippen molar-refractivity contribution in [2.75, 3.05) is 25.3 Å². The van der Waals surface area contributed by atoms with E-state index in [-0.39, 0.29) is 11.8 Å². The third-order valence-electron chi connectivity index (χ3n) is 2.95. The number of carboxylic acids is 1. The fourth-order valence-corrected chi connectivity index (χ4v) is 1.80. The molecule has 0 unspecified atom stereocenters. The normalized spacial score (nSPS) is 12.0. The minimum atomic E-state index is -1.01. The average molecular weight is 292 g/mol. The smallest absolute Gasteiger partial charge is 0.325 e. The number of rotatable bonds is 5. The van der Waals surface area contributed by atoms with E-state index >= 15 is 0 Å². The molecule has 1 heterocycles.